The Morgan fingerprint density at radius 1 is 1.12 bits per heavy atom. The Labute approximate surface area is 193 Å². The van der Waals surface area contributed by atoms with Gasteiger partial charge in [-0.25, -0.2) is 9.97 Å². The van der Waals surface area contributed by atoms with Crippen molar-refractivity contribution in [2.75, 3.05) is 44.1 Å². The molecule has 1 N–H and O–H groups in total. The van der Waals surface area contributed by atoms with E-state index in [1.54, 1.807) is 32.4 Å². The summed E-state index contributed by atoms with van der Waals surface area (Å²) in [5.74, 6) is 2.20. The number of para-hydroxylation sites is 2. The van der Waals surface area contributed by atoms with Crippen LogP contribution in [0.4, 0.5) is 11.5 Å². The number of nitrogens with zero attached hydrogens (tertiary/aromatic N) is 3. The maximum absolute atomic E-state index is 13.1. The fraction of sp³-hybridized carbons (Fsp3) is 0.400. The summed E-state index contributed by atoms with van der Waals surface area (Å²) in [5, 5.41) is 3.02. The van der Waals surface area contributed by atoms with Crippen LogP contribution in [0, 0.1) is 5.92 Å². The van der Waals surface area contributed by atoms with Crippen LogP contribution in [0.1, 0.15) is 26.2 Å². The first-order valence-corrected chi connectivity index (χ1v) is 11.3. The monoisotopic (exact) mass is 450 g/mol. The van der Waals surface area contributed by atoms with E-state index >= 15 is 0 Å². The van der Waals surface area contributed by atoms with Gasteiger partial charge in [-0.3, -0.25) is 4.79 Å². The number of benzene rings is 2. The van der Waals surface area contributed by atoms with Gasteiger partial charge >= 0.3 is 0 Å². The summed E-state index contributed by atoms with van der Waals surface area (Å²) >= 11 is 0. The van der Waals surface area contributed by atoms with Crippen molar-refractivity contribution >= 4 is 28.4 Å². The van der Waals surface area contributed by atoms with Gasteiger partial charge in [0.2, 0.25) is 5.91 Å². The van der Waals surface area contributed by atoms with Crippen LogP contribution >= 0.6 is 0 Å². The number of ether oxygens (including phenoxy) is 3. The van der Waals surface area contributed by atoms with E-state index in [9.17, 15) is 4.79 Å². The minimum Gasteiger partial charge on any atom is -0.497 e. The lowest BCUT2D eigenvalue weighted by Crippen LogP contribution is -2.41. The van der Waals surface area contributed by atoms with Crippen molar-refractivity contribution in [1.29, 1.82) is 0 Å². The van der Waals surface area contributed by atoms with E-state index in [4.69, 9.17) is 24.2 Å². The molecule has 1 atom stereocenters. The predicted octanol–water partition coefficient (Wildman–Crippen LogP) is 4.29. The van der Waals surface area contributed by atoms with Crippen LogP contribution in [0.15, 0.2) is 42.5 Å². The van der Waals surface area contributed by atoms with Crippen molar-refractivity contribution in [2.45, 2.75) is 26.2 Å². The van der Waals surface area contributed by atoms with Gasteiger partial charge < -0.3 is 24.4 Å². The zero-order chi connectivity index (χ0) is 23.2. The Hall–Kier alpha value is -3.55. The molecule has 0 bridgehead atoms. The number of rotatable bonds is 8. The highest BCUT2D eigenvalue weighted by Gasteiger charge is 2.29. The van der Waals surface area contributed by atoms with Crippen LogP contribution in [0.25, 0.3) is 11.0 Å². The SMILES string of the molecule is CCCOc1nc2ccccc2nc1N1CCC[C@H](C(=O)Nc2ccc(OC)cc2OC)C1. The molecular formula is C25H30N4O4. The van der Waals surface area contributed by atoms with Gasteiger partial charge in [0.05, 0.1) is 43.5 Å². The van der Waals surface area contributed by atoms with Crippen molar-refractivity contribution in [3.8, 4) is 17.4 Å². The molecule has 0 unspecified atom stereocenters. The lowest BCUT2D eigenvalue weighted by atomic mass is 9.97. The summed E-state index contributed by atoms with van der Waals surface area (Å²) in [6, 6.07) is 13.1. The molecule has 33 heavy (non-hydrogen) atoms. The molecule has 0 saturated carbocycles. The number of amides is 1. The van der Waals surface area contributed by atoms with Crippen LogP contribution < -0.4 is 24.4 Å². The summed E-state index contributed by atoms with van der Waals surface area (Å²) < 4.78 is 16.6. The van der Waals surface area contributed by atoms with E-state index in [0.717, 1.165) is 36.8 Å². The molecule has 2 aromatic carbocycles. The second-order valence-corrected chi connectivity index (χ2v) is 8.03. The van der Waals surface area contributed by atoms with Crippen LogP contribution in [-0.2, 0) is 4.79 Å². The number of methoxy groups -OCH3 is 2. The summed E-state index contributed by atoms with van der Waals surface area (Å²) in [6.45, 7) is 3.96. The van der Waals surface area contributed by atoms with Crippen LogP contribution in [0.2, 0.25) is 0 Å². The number of piperidine rings is 1. The quantitative estimate of drug-likeness (QED) is 0.548. The van der Waals surface area contributed by atoms with Crippen LogP contribution in [-0.4, -0.2) is 49.8 Å². The normalized spacial score (nSPS) is 15.8. The average molecular weight is 451 g/mol. The third-order valence-electron chi connectivity index (χ3n) is 5.72. The second kappa shape index (κ2) is 10.4. The molecule has 1 aliphatic heterocycles. The van der Waals surface area contributed by atoms with Gasteiger partial charge in [-0.1, -0.05) is 19.1 Å². The maximum Gasteiger partial charge on any atom is 0.258 e. The first-order chi connectivity index (χ1) is 16.1. The Morgan fingerprint density at radius 3 is 2.64 bits per heavy atom. The van der Waals surface area contributed by atoms with Gasteiger partial charge in [0.15, 0.2) is 5.82 Å². The zero-order valence-corrected chi connectivity index (χ0v) is 19.3. The summed E-state index contributed by atoms with van der Waals surface area (Å²) in [7, 11) is 3.17. The zero-order valence-electron chi connectivity index (χ0n) is 19.3. The molecule has 0 radical (unpaired) electrons. The maximum atomic E-state index is 13.1. The average Bonchev–Trinajstić information content (AvgIpc) is 2.87. The third kappa shape index (κ3) is 5.10. The molecular weight excluding hydrogens is 420 g/mol. The Balaban J connectivity index is 1.55. The second-order valence-electron chi connectivity index (χ2n) is 8.03. The van der Waals surface area contributed by atoms with Crippen LogP contribution in [0.5, 0.6) is 17.4 Å². The first kappa shape index (κ1) is 22.6. The summed E-state index contributed by atoms with van der Waals surface area (Å²) in [4.78, 5) is 24.8. The number of hydrogen-bond donors (Lipinski definition) is 1. The van der Waals surface area contributed by atoms with Crippen molar-refractivity contribution in [1.82, 2.24) is 9.97 Å². The molecule has 1 aliphatic rings. The van der Waals surface area contributed by atoms with E-state index in [-0.39, 0.29) is 11.8 Å². The summed E-state index contributed by atoms with van der Waals surface area (Å²) in [6.07, 6.45) is 2.55. The molecule has 8 nitrogen and oxygen atoms in total. The fourth-order valence-electron chi connectivity index (χ4n) is 4.00. The highest BCUT2D eigenvalue weighted by atomic mass is 16.5. The van der Waals surface area contributed by atoms with Crippen LogP contribution in [0.3, 0.4) is 0 Å². The molecule has 0 spiro atoms. The number of anilines is 2. The Kier molecular flexibility index (Phi) is 7.12. The van der Waals surface area contributed by atoms with Gasteiger partial charge in [0.1, 0.15) is 11.5 Å². The Morgan fingerprint density at radius 2 is 1.91 bits per heavy atom. The van der Waals surface area contributed by atoms with Crippen molar-refractivity contribution < 1.29 is 19.0 Å². The highest BCUT2D eigenvalue weighted by Crippen LogP contribution is 2.33. The first-order valence-electron chi connectivity index (χ1n) is 11.3. The molecule has 4 rings (SSSR count). The smallest absolute Gasteiger partial charge is 0.258 e. The number of hydrogen-bond acceptors (Lipinski definition) is 7. The molecule has 0 aliphatic carbocycles. The largest absolute Gasteiger partial charge is 0.497 e. The van der Waals surface area contributed by atoms with Gasteiger partial charge in [-0.2, -0.15) is 0 Å². The predicted molar refractivity (Wildman–Crippen MR) is 128 cm³/mol. The van der Waals surface area contributed by atoms with E-state index in [2.05, 4.69) is 17.1 Å². The molecule has 1 amide bonds. The number of fused-ring (bicyclic) bond motifs is 1. The molecule has 2 heterocycles. The van der Waals surface area contributed by atoms with Gasteiger partial charge in [-0.15, -0.1) is 0 Å². The number of carbonyl (C=O) groups excluding carboxylic acids is 1. The number of carbonyl (C=O) groups is 1. The third-order valence-corrected chi connectivity index (χ3v) is 5.72. The van der Waals surface area contributed by atoms with E-state index < -0.39 is 0 Å². The van der Waals surface area contributed by atoms with E-state index in [1.165, 1.54) is 0 Å². The van der Waals surface area contributed by atoms with Crippen molar-refractivity contribution in [2.24, 2.45) is 5.92 Å². The minimum atomic E-state index is -0.196. The highest BCUT2D eigenvalue weighted by molar-refractivity contribution is 5.94. The molecule has 1 aromatic heterocycles. The molecule has 3 aromatic rings. The summed E-state index contributed by atoms with van der Waals surface area (Å²) in [5.41, 5.74) is 2.23. The molecule has 1 saturated heterocycles. The minimum absolute atomic E-state index is 0.0482. The van der Waals surface area contributed by atoms with Gasteiger partial charge in [0, 0.05) is 19.2 Å². The number of aromatic nitrogens is 2. The molecule has 174 valence electrons. The fourth-order valence-corrected chi connectivity index (χ4v) is 4.00. The van der Waals surface area contributed by atoms with Crippen molar-refractivity contribution in [3.63, 3.8) is 0 Å². The molecule has 8 heteroatoms. The lowest BCUT2D eigenvalue weighted by molar-refractivity contribution is -0.120. The topological polar surface area (TPSA) is 85.8 Å². The van der Waals surface area contributed by atoms with Gasteiger partial charge in [-0.05, 0) is 43.5 Å². The van der Waals surface area contributed by atoms with Crippen molar-refractivity contribution in [3.05, 3.63) is 42.5 Å². The lowest BCUT2D eigenvalue weighted by Gasteiger charge is -2.33. The van der Waals surface area contributed by atoms with Gasteiger partial charge in [0.25, 0.3) is 5.88 Å². The van der Waals surface area contributed by atoms with E-state index in [0.29, 0.717) is 42.0 Å². The number of nitrogens with one attached hydrogen (secondary N) is 1. The molecule has 1 fully saturated rings. The van der Waals surface area contributed by atoms with E-state index in [1.807, 2.05) is 24.3 Å². The standard InChI is InChI=1S/C25H30N4O4/c1-4-14-33-25-23(26-19-9-5-6-10-20(19)28-25)29-13-7-8-17(16-29)24(30)27-21-12-11-18(31-2)15-22(21)32-3/h5-6,9-12,15,17H,4,7-8,13-14,16H2,1-3H3,(H,27,30)/t17-/m0/s1. The Bertz CT molecular complexity index is 1120.